The fourth-order valence-corrected chi connectivity index (χ4v) is 4.89. The van der Waals surface area contributed by atoms with E-state index in [4.69, 9.17) is 0 Å². The largest absolute Gasteiger partial charge is 0.339 e. The first-order chi connectivity index (χ1) is 19.2. The minimum atomic E-state index is -0.982. The van der Waals surface area contributed by atoms with E-state index in [-0.39, 0.29) is 11.8 Å². The molecule has 2 amide bonds. The molecule has 2 aliphatic rings. The Labute approximate surface area is 230 Å². The smallest absolute Gasteiger partial charge is 0.240 e. The second kappa shape index (κ2) is 9.86. The Morgan fingerprint density at radius 2 is 1.73 bits per heavy atom. The Bertz CT molecular complexity index is 1600. The quantitative estimate of drug-likeness (QED) is 0.294. The molecule has 1 aliphatic heterocycles. The molecule has 5 heterocycles. The number of aryl methyl sites for hydroxylation is 3. The van der Waals surface area contributed by atoms with Gasteiger partial charge >= 0.3 is 0 Å². The number of likely N-dealkylation sites (N-methyl/N-ethyl adjacent to an activating group) is 1. The molecule has 1 aliphatic carbocycles. The monoisotopic (exact) mass is 544 g/mol. The molecule has 4 aromatic heterocycles. The lowest BCUT2D eigenvalue weighted by Gasteiger charge is -2.34. The van der Waals surface area contributed by atoms with Crippen molar-refractivity contribution in [3.05, 3.63) is 36.5 Å². The van der Waals surface area contributed by atoms with E-state index in [0.717, 1.165) is 29.9 Å². The molecule has 0 atom stereocenters. The molecule has 208 valence electrons. The summed E-state index contributed by atoms with van der Waals surface area (Å²) in [7, 11) is 5.68. The molecule has 1 saturated heterocycles. The summed E-state index contributed by atoms with van der Waals surface area (Å²) >= 11 is 0. The Balaban J connectivity index is 1.18. The molecular weight excluding hydrogens is 512 g/mol. The Morgan fingerprint density at radius 1 is 0.950 bits per heavy atom. The summed E-state index contributed by atoms with van der Waals surface area (Å²) < 4.78 is 3.36. The predicted molar refractivity (Wildman–Crippen MR) is 149 cm³/mol. The molecule has 4 aromatic rings. The second-order valence-corrected chi connectivity index (χ2v) is 10.5. The van der Waals surface area contributed by atoms with E-state index in [2.05, 4.69) is 46.0 Å². The van der Waals surface area contributed by atoms with Crippen LogP contribution in [0.3, 0.4) is 0 Å². The standard InChI is InChI=1S/C26H32N12O2/c1-16-20(32-21-19-14-28-25(33-22(19)37(4)34-21)31-18-13-29-36(3)15-18)11-17(12-27-16)30-23(39)26(5-6-26)24(40)38-9-7-35(2)8-10-38/h11-15H,5-10H2,1-4H3,(H,30,39)(H,32,34)(H,28,31,33). The minimum absolute atomic E-state index is 0.0751. The summed E-state index contributed by atoms with van der Waals surface area (Å²) in [5.74, 6) is 0.632. The van der Waals surface area contributed by atoms with E-state index >= 15 is 0 Å². The van der Waals surface area contributed by atoms with Crippen LogP contribution >= 0.6 is 0 Å². The number of anilines is 5. The molecule has 40 heavy (non-hydrogen) atoms. The minimum Gasteiger partial charge on any atom is -0.339 e. The summed E-state index contributed by atoms with van der Waals surface area (Å²) in [6.45, 7) is 4.79. The Kier molecular flexibility index (Phi) is 6.33. The van der Waals surface area contributed by atoms with E-state index in [1.54, 1.807) is 34.0 Å². The summed E-state index contributed by atoms with van der Waals surface area (Å²) in [5, 5.41) is 18.8. The number of nitrogens with zero attached hydrogens (tertiary/aromatic N) is 9. The van der Waals surface area contributed by atoms with Crippen molar-refractivity contribution in [2.24, 2.45) is 19.5 Å². The van der Waals surface area contributed by atoms with Gasteiger partial charge in [0.05, 0.1) is 40.5 Å². The zero-order chi connectivity index (χ0) is 28.0. The molecule has 14 nitrogen and oxygen atoms in total. The van der Waals surface area contributed by atoms with E-state index in [1.807, 2.05) is 39.2 Å². The van der Waals surface area contributed by atoms with Crippen LogP contribution in [-0.2, 0) is 23.7 Å². The highest BCUT2D eigenvalue weighted by atomic mass is 16.2. The number of hydrogen-bond donors (Lipinski definition) is 3. The number of amides is 2. The number of nitrogens with one attached hydrogen (secondary N) is 3. The van der Waals surface area contributed by atoms with Crippen molar-refractivity contribution in [2.45, 2.75) is 19.8 Å². The van der Waals surface area contributed by atoms with Gasteiger partial charge in [-0.3, -0.25) is 19.3 Å². The summed E-state index contributed by atoms with van der Waals surface area (Å²) in [6, 6.07) is 1.80. The van der Waals surface area contributed by atoms with Gasteiger partial charge in [-0.15, -0.1) is 0 Å². The van der Waals surface area contributed by atoms with Crippen LogP contribution in [0, 0.1) is 12.3 Å². The predicted octanol–water partition coefficient (Wildman–Crippen LogP) is 1.78. The van der Waals surface area contributed by atoms with Crippen LogP contribution in [0.4, 0.5) is 28.8 Å². The maximum atomic E-state index is 13.3. The molecule has 0 aromatic carbocycles. The van der Waals surface area contributed by atoms with Crippen LogP contribution in [0.25, 0.3) is 11.0 Å². The van der Waals surface area contributed by atoms with Gasteiger partial charge in [-0.25, -0.2) is 9.67 Å². The first-order valence-electron chi connectivity index (χ1n) is 13.2. The summed E-state index contributed by atoms with van der Waals surface area (Å²) in [6.07, 6.45) is 7.95. The number of carbonyl (C=O) groups excluding carboxylic acids is 2. The highest BCUT2D eigenvalue weighted by Crippen LogP contribution is 2.48. The van der Waals surface area contributed by atoms with Gasteiger partial charge in [0.2, 0.25) is 17.8 Å². The fourth-order valence-electron chi connectivity index (χ4n) is 4.89. The number of piperazine rings is 1. The summed E-state index contributed by atoms with van der Waals surface area (Å²) in [5.41, 5.74) is 2.34. The van der Waals surface area contributed by atoms with Crippen LogP contribution in [-0.4, -0.2) is 89.4 Å². The van der Waals surface area contributed by atoms with Crippen LogP contribution < -0.4 is 16.0 Å². The highest BCUT2D eigenvalue weighted by Gasteiger charge is 2.58. The maximum Gasteiger partial charge on any atom is 0.240 e. The molecule has 14 heteroatoms. The van der Waals surface area contributed by atoms with Crippen LogP contribution in [0.15, 0.2) is 30.9 Å². The molecular formula is C26H32N12O2. The molecule has 0 bridgehead atoms. The highest BCUT2D eigenvalue weighted by molar-refractivity contribution is 6.13. The van der Waals surface area contributed by atoms with Crippen molar-refractivity contribution in [3.8, 4) is 0 Å². The number of fused-ring (bicyclic) bond motifs is 1. The normalized spacial score (nSPS) is 16.6. The molecule has 0 radical (unpaired) electrons. The summed E-state index contributed by atoms with van der Waals surface area (Å²) in [4.78, 5) is 44.0. The average molecular weight is 545 g/mol. The molecule has 1 saturated carbocycles. The third-order valence-electron chi connectivity index (χ3n) is 7.52. The Hall–Kier alpha value is -4.59. The molecule has 6 rings (SSSR count). The topological polar surface area (TPSA) is 151 Å². The number of pyridine rings is 1. The van der Waals surface area contributed by atoms with Crippen LogP contribution in [0.2, 0.25) is 0 Å². The van der Waals surface area contributed by atoms with Crippen molar-refractivity contribution in [1.82, 2.24) is 44.3 Å². The van der Waals surface area contributed by atoms with Crippen molar-refractivity contribution >= 4 is 51.7 Å². The van der Waals surface area contributed by atoms with Gasteiger partial charge in [0, 0.05) is 52.7 Å². The van der Waals surface area contributed by atoms with Crippen molar-refractivity contribution in [3.63, 3.8) is 0 Å². The number of aromatic nitrogens is 7. The second-order valence-electron chi connectivity index (χ2n) is 10.5. The molecule has 2 fully saturated rings. The van der Waals surface area contributed by atoms with Crippen molar-refractivity contribution < 1.29 is 9.59 Å². The third kappa shape index (κ3) is 4.81. The maximum absolute atomic E-state index is 13.3. The molecule has 0 unspecified atom stereocenters. The van der Waals surface area contributed by atoms with Gasteiger partial charge in [-0.1, -0.05) is 0 Å². The van der Waals surface area contributed by atoms with Gasteiger partial charge in [0.1, 0.15) is 5.41 Å². The third-order valence-corrected chi connectivity index (χ3v) is 7.52. The van der Waals surface area contributed by atoms with E-state index in [9.17, 15) is 9.59 Å². The lowest BCUT2D eigenvalue weighted by atomic mass is 10.0. The lowest BCUT2D eigenvalue weighted by molar-refractivity contribution is -0.143. The van der Waals surface area contributed by atoms with E-state index in [0.29, 0.717) is 54.7 Å². The van der Waals surface area contributed by atoms with Crippen molar-refractivity contribution in [1.29, 1.82) is 0 Å². The first kappa shape index (κ1) is 25.7. The van der Waals surface area contributed by atoms with Gasteiger partial charge in [-0.2, -0.15) is 15.2 Å². The SMILES string of the molecule is Cc1ncc(NC(=O)C2(C(=O)N3CCN(C)CC3)CC2)cc1Nc1nn(C)c2nc(Nc3cnn(C)c3)ncc12. The van der Waals surface area contributed by atoms with E-state index in [1.165, 1.54) is 0 Å². The number of carbonyl (C=O) groups is 2. The fraction of sp³-hybridized carbons (Fsp3) is 0.423. The molecule has 0 spiro atoms. The lowest BCUT2D eigenvalue weighted by Crippen LogP contribution is -2.51. The Morgan fingerprint density at radius 3 is 2.42 bits per heavy atom. The van der Waals surface area contributed by atoms with Gasteiger partial charge < -0.3 is 25.8 Å². The van der Waals surface area contributed by atoms with E-state index < -0.39 is 5.41 Å². The number of rotatable bonds is 7. The molecule has 3 N–H and O–H groups in total. The van der Waals surface area contributed by atoms with Crippen molar-refractivity contribution in [2.75, 3.05) is 49.2 Å². The average Bonchev–Trinajstić information content (AvgIpc) is 3.57. The van der Waals surface area contributed by atoms with Crippen LogP contribution in [0.5, 0.6) is 0 Å². The zero-order valence-electron chi connectivity index (χ0n) is 23.0. The number of hydrogen-bond acceptors (Lipinski definition) is 10. The first-order valence-corrected chi connectivity index (χ1v) is 13.2. The van der Waals surface area contributed by atoms with Gasteiger partial charge in [0.25, 0.3) is 0 Å². The van der Waals surface area contributed by atoms with Gasteiger partial charge in [0.15, 0.2) is 11.5 Å². The van der Waals surface area contributed by atoms with Gasteiger partial charge in [-0.05, 0) is 32.9 Å². The zero-order valence-corrected chi connectivity index (χ0v) is 23.0. The van der Waals surface area contributed by atoms with Crippen LogP contribution in [0.1, 0.15) is 18.5 Å².